The molecule has 150 valence electrons. The number of nitrogens with zero attached hydrogens (tertiary/aromatic N) is 4. The van der Waals surface area contributed by atoms with E-state index in [1.807, 2.05) is 28.8 Å². The third kappa shape index (κ3) is 3.79. The second kappa shape index (κ2) is 7.99. The standard InChI is InChI=1S/C22H23BrN4O2/c1-25-20-19(21(28)26(2)22(25)29)27(14-16-9-6-10-17(23)13-16)18(24-20)12-11-15-7-4-3-5-8-15/h3-7,9-10,13,15H,8,11-12,14H2,1-2H3. The van der Waals surface area contributed by atoms with Gasteiger partial charge in [-0.15, -0.1) is 0 Å². The van der Waals surface area contributed by atoms with Crippen molar-refractivity contribution in [2.75, 3.05) is 0 Å². The number of aryl methyl sites for hydroxylation is 2. The number of imidazole rings is 1. The van der Waals surface area contributed by atoms with Crippen molar-refractivity contribution in [1.82, 2.24) is 18.7 Å². The topological polar surface area (TPSA) is 61.8 Å². The molecule has 7 heteroatoms. The molecule has 0 bridgehead atoms. The van der Waals surface area contributed by atoms with Crippen LogP contribution in [0.25, 0.3) is 11.2 Å². The Morgan fingerprint density at radius 1 is 1.17 bits per heavy atom. The first-order valence-electron chi connectivity index (χ1n) is 9.68. The van der Waals surface area contributed by atoms with E-state index in [1.54, 1.807) is 7.05 Å². The number of benzene rings is 1. The Morgan fingerprint density at radius 3 is 2.72 bits per heavy atom. The average molecular weight is 455 g/mol. The van der Waals surface area contributed by atoms with Crippen molar-refractivity contribution in [3.8, 4) is 0 Å². The van der Waals surface area contributed by atoms with E-state index in [4.69, 9.17) is 4.98 Å². The summed E-state index contributed by atoms with van der Waals surface area (Å²) in [5.41, 5.74) is 1.32. The molecule has 4 rings (SSSR count). The molecule has 0 fully saturated rings. The monoisotopic (exact) mass is 454 g/mol. The zero-order valence-electron chi connectivity index (χ0n) is 16.5. The first kappa shape index (κ1) is 19.6. The minimum Gasteiger partial charge on any atom is -0.318 e. The summed E-state index contributed by atoms with van der Waals surface area (Å²) in [6.07, 6.45) is 11.2. The molecule has 3 aromatic rings. The van der Waals surface area contributed by atoms with Gasteiger partial charge in [0.2, 0.25) is 0 Å². The maximum atomic E-state index is 13.0. The molecule has 0 spiro atoms. The molecular formula is C22H23BrN4O2. The van der Waals surface area contributed by atoms with Crippen molar-refractivity contribution in [2.45, 2.75) is 25.8 Å². The lowest BCUT2D eigenvalue weighted by Gasteiger charge is -2.14. The van der Waals surface area contributed by atoms with E-state index < -0.39 is 0 Å². The smallest absolute Gasteiger partial charge is 0.318 e. The van der Waals surface area contributed by atoms with E-state index >= 15 is 0 Å². The van der Waals surface area contributed by atoms with Crippen molar-refractivity contribution in [2.24, 2.45) is 20.0 Å². The SMILES string of the molecule is Cn1c(=O)c2c(nc(CCC3C=CC=CC3)n2Cc2cccc(Br)c2)n(C)c1=O. The van der Waals surface area contributed by atoms with Crippen molar-refractivity contribution in [3.63, 3.8) is 0 Å². The van der Waals surface area contributed by atoms with Gasteiger partial charge in [0.1, 0.15) is 5.82 Å². The zero-order valence-corrected chi connectivity index (χ0v) is 18.1. The minimum atomic E-state index is -0.360. The molecule has 0 N–H and O–H groups in total. The molecule has 1 aliphatic carbocycles. The highest BCUT2D eigenvalue weighted by atomic mass is 79.9. The quantitative estimate of drug-likeness (QED) is 0.593. The first-order valence-corrected chi connectivity index (χ1v) is 10.5. The summed E-state index contributed by atoms with van der Waals surface area (Å²) in [6.45, 7) is 0.527. The Labute approximate surface area is 176 Å². The summed E-state index contributed by atoms with van der Waals surface area (Å²) in [7, 11) is 3.18. The predicted octanol–water partition coefficient (Wildman–Crippen LogP) is 3.31. The largest absolute Gasteiger partial charge is 0.332 e. The Kier molecular flexibility index (Phi) is 5.41. The molecule has 0 radical (unpaired) electrons. The Bertz CT molecular complexity index is 1250. The lowest BCUT2D eigenvalue weighted by atomic mass is 9.95. The molecule has 1 unspecified atom stereocenters. The van der Waals surface area contributed by atoms with E-state index in [1.165, 1.54) is 11.6 Å². The van der Waals surface area contributed by atoms with E-state index in [2.05, 4.69) is 40.2 Å². The van der Waals surface area contributed by atoms with Crippen LogP contribution < -0.4 is 11.2 Å². The van der Waals surface area contributed by atoms with Crippen LogP contribution in [-0.4, -0.2) is 18.7 Å². The summed E-state index contributed by atoms with van der Waals surface area (Å²) in [4.78, 5) is 30.1. The fraction of sp³-hybridized carbons (Fsp3) is 0.318. The summed E-state index contributed by atoms with van der Waals surface area (Å²) < 4.78 is 5.57. The molecule has 1 aliphatic rings. The molecule has 1 atom stereocenters. The number of fused-ring (bicyclic) bond motifs is 1. The average Bonchev–Trinajstić information content (AvgIpc) is 3.08. The normalized spacial score (nSPS) is 16.0. The fourth-order valence-corrected chi connectivity index (χ4v) is 4.28. The minimum absolute atomic E-state index is 0.308. The molecule has 0 aliphatic heterocycles. The van der Waals surface area contributed by atoms with Gasteiger partial charge in [0.05, 0.1) is 0 Å². The maximum Gasteiger partial charge on any atom is 0.332 e. The van der Waals surface area contributed by atoms with Crippen LogP contribution in [0.1, 0.15) is 24.2 Å². The van der Waals surface area contributed by atoms with Crippen LogP contribution >= 0.6 is 15.9 Å². The summed E-state index contributed by atoms with van der Waals surface area (Å²) in [5.74, 6) is 1.30. The Morgan fingerprint density at radius 2 is 2.00 bits per heavy atom. The van der Waals surface area contributed by atoms with E-state index in [0.29, 0.717) is 23.6 Å². The van der Waals surface area contributed by atoms with Gasteiger partial charge in [-0.3, -0.25) is 13.9 Å². The van der Waals surface area contributed by atoms with E-state index in [9.17, 15) is 9.59 Å². The molecule has 1 aromatic carbocycles. The molecule has 0 saturated heterocycles. The van der Waals surface area contributed by atoms with Gasteiger partial charge in [-0.05, 0) is 36.5 Å². The lowest BCUT2D eigenvalue weighted by Crippen LogP contribution is -2.37. The van der Waals surface area contributed by atoms with Crippen molar-refractivity contribution in [1.29, 1.82) is 0 Å². The summed E-state index contributed by atoms with van der Waals surface area (Å²) in [5, 5.41) is 0. The van der Waals surface area contributed by atoms with Gasteiger partial charge in [0, 0.05) is 31.5 Å². The number of hydrogen-bond donors (Lipinski definition) is 0. The van der Waals surface area contributed by atoms with Gasteiger partial charge < -0.3 is 4.57 Å². The molecule has 29 heavy (non-hydrogen) atoms. The molecular weight excluding hydrogens is 432 g/mol. The van der Waals surface area contributed by atoms with E-state index in [0.717, 1.165) is 39.7 Å². The van der Waals surface area contributed by atoms with Gasteiger partial charge in [-0.1, -0.05) is 52.4 Å². The highest BCUT2D eigenvalue weighted by Crippen LogP contribution is 2.21. The van der Waals surface area contributed by atoms with Crippen LogP contribution in [0.4, 0.5) is 0 Å². The molecule has 0 saturated carbocycles. The van der Waals surface area contributed by atoms with Crippen LogP contribution in [0, 0.1) is 5.92 Å². The molecule has 2 heterocycles. The number of hydrogen-bond acceptors (Lipinski definition) is 3. The van der Waals surface area contributed by atoms with E-state index in [-0.39, 0.29) is 11.2 Å². The Balaban J connectivity index is 1.82. The zero-order chi connectivity index (χ0) is 20.5. The van der Waals surface area contributed by atoms with Gasteiger partial charge in [-0.2, -0.15) is 0 Å². The van der Waals surface area contributed by atoms with Gasteiger partial charge in [-0.25, -0.2) is 9.78 Å². The van der Waals surface area contributed by atoms with Crippen LogP contribution in [0.15, 0.2) is 62.6 Å². The highest BCUT2D eigenvalue weighted by molar-refractivity contribution is 9.10. The number of halogens is 1. The summed E-state index contributed by atoms with van der Waals surface area (Å²) >= 11 is 3.51. The predicted molar refractivity (Wildman–Crippen MR) is 118 cm³/mol. The van der Waals surface area contributed by atoms with Crippen molar-refractivity contribution in [3.05, 3.63) is 85.3 Å². The molecule has 0 amide bonds. The van der Waals surface area contributed by atoms with Crippen molar-refractivity contribution >= 4 is 27.1 Å². The number of allylic oxidation sites excluding steroid dienone is 4. The van der Waals surface area contributed by atoms with Gasteiger partial charge >= 0.3 is 5.69 Å². The Hall–Kier alpha value is -2.67. The van der Waals surface area contributed by atoms with Gasteiger partial charge in [0.15, 0.2) is 11.2 Å². The van der Waals surface area contributed by atoms with Crippen molar-refractivity contribution < 1.29 is 0 Å². The lowest BCUT2D eigenvalue weighted by molar-refractivity contribution is 0.570. The molecule has 6 nitrogen and oxygen atoms in total. The fourth-order valence-electron chi connectivity index (χ4n) is 3.83. The van der Waals surface area contributed by atoms with Crippen LogP contribution in [0.3, 0.4) is 0 Å². The van der Waals surface area contributed by atoms with Crippen LogP contribution in [0.5, 0.6) is 0 Å². The first-order chi connectivity index (χ1) is 14.0. The third-order valence-corrected chi connectivity index (χ3v) is 5.96. The highest BCUT2D eigenvalue weighted by Gasteiger charge is 2.20. The number of rotatable bonds is 5. The number of aromatic nitrogens is 4. The summed E-state index contributed by atoms with van der Waals surface area (Å²) in [6, 6.07) is 8.02. The van der Waals surface area contributed by atoms with Crippen LogP contribution in [0.2, 0.25) is 0 Å². The maximum absolute atomic E-state index is 13.0. The van der Waals surface area contributed by atoms with Crippen LogP contribution in [-0.2, 0) is 27.1 Å². The van der Waals surface area contributed by atoms with Gasteiger partial charge in [0.25, 0.3) is 5.56 Å². The molecule has 2 aromatic heterocycles. The second-order valence-corrected chi connectivity index (χ2v) is 8.39. The third-order valence-electron chi connectivity index (χ3n) is 5.46. The second-order valence-electron chi connectivity index (χ2n) is 7.47.